The molecule has 0 fully saturated rings. The number of carbonyl (C=O) groups excluding carboxylic acids is 4. The Morgan fingerprint density at radius 3 is 1.09 bits per heavy atom. The van der Waals surface area contributed by atoms with Crippen LogP contribution in [-0.2, 0) is 48.2 Å². The number of carboxylic acids is 2. The Kier molecular flexibility index (Phi) is 11.3. The average Bonchev–Trinajstić information content (AvgIpc) is 3.33. The Balaban J connectivity index is 0.000000293. The van der Waals surface area contributed by atoms with Gasteiger partial charge in [-0.15, -0.1) is 0 Å². The molecule has 4 rings (SSSR count). The Bertz CT molecular complexity index is 1380. The summed E-state index contributed by atoms with van der Waals surface area (Å²) in [5.74, 6) is -6.16. The molecule has 4 N–H and O–H groups in total. The molecule has 43 heavy (non-hydrogen) atoms. The van der Waals surface area contributed by atoms with E-state index >= 15 is 0 Å². The van der Waals surface area contributed by atoms with E-state index in [1.807, 2.05) is 0 Å². The van der Waals surface area contributed by atoms with Crippen molar-refractivity contribution >= 4 is 35.6 Å². The van der Waals surface area contributed by atoms with Crippen LogP contribution in [0.4, 0.5) is 0 Å². The summed E-state index contributed by atoms with van der Waals surface area (Å²) in [5, 5.41) is 37.1. The van der Waals surface area contributed by atoms with Gasteiger partial charge in [-0.1, -0.05) is 24.3 Å². The van der Waals surface area contributed by atoms with Crippen molar-refractivity contribution in [3.8, 4) is 11.5 Å². The second kappa shape index (κ2) is 14.0. The molecule has 0 saturated heterocycles. The SMILES string of the molecule is CC1=CC(=O)N(C(c2ccc(O)cc2)C(C)C(=O)O)C1=O.CC1=CC(=O)N(C(c2ccc(O)cc2)C(C)C(=O)O)C1=O.[Zn]. The zero-order chi connectivity index (χ0) is 31.5. The van der Waals surface area contributed by atoms with E-state index in [2.05, 4.69) is 0 Å². The quantitative estimate of drug-likeness (QED) is 0.246. The molecule has 222 valence electrons. The monoisotopic (exact) mass is 642 g/mol. The summed E-state index contributed by atoms with van der Waals surface area (Å²) in [6.45, 7) is 5.90. The second-order valence-corrected chi connectivity index (χ2v) is 10.0. The molecule has 4 unspecified atom stereocenters. The van der Waals surface area contributed by atoms with Crippen LogP contribution in [0.15, 0.2) is 71.8 Å². The van der Waals surface area contributed by atoms with Crippen LogP contribution in [0.3, 0.4) is 0 Å². The van der Waals surface area contributed by atoms with Crippen molar-refractivity contribution in [2.75, 3.05) is 0 Å². The molecule has 0 spiro atoms. The number of hydrogen-bond acceptors (Lipinski definition) is 8. The van der Waals surface area contributed by atoms with Crippen LogP contribution in [0.25, 0.3) is 0 Å². The molecule has 2 aliphatic heterocycles. The van der Waals surface area contributed by atoms with Crippen molar-refractivity contribution in [1.29, 1.82) is 0 Å². The van der Waals surface area contributed by atoms with Gasteiger partial charge in [-0.3, -0.25) is 38.6 Å². The van der Waals surface area contributed by atoms with Crippen LogP contribution in [0.2, 0.25) is 0 Å². The van der Waals surface area contributed by atoms with Crippen LogP contribution in [0.5, 0.6) is 11.5 Å². The minimum absolute atomic E-state index is 0. The Morgan fingerprint density at radius 2 is 0.884 bits per heavy atom. The fourth-order valence-electron chi connectivity index (χ4n) is 4.68. The van der Waals surface area contributed by atoms with Crippen molar-refractivity contribution in [3.05, 3.63) is 83.0 Å². The molecule has 0 aliphatic carbocycles. The largest absolute Gasteiger partial charge is 0.508 e. The topological polar surface area (TPSA) is 190 Å². The first kappa shape index (κ1) is 34.6. The van der Waals surface area contributed by atoms with Gasteiger partial charge in [0.15, 0.2) is 0 Å². The molecule has 4 atom stereocenters. The Labute approximate surface area is 259 Å². The maximum Gasteiger partial charge on any atom is 0.308 e. The predicted molar refractivity (Wildman–Crippen MR) is 147 cm³/mol. The Morgan fingerprint density at radius 1 is 0.605 bits per heavy atom. The van der Waals surface area contributed by atoms with E-state index < -0.39 is 59.5 Å². The van der Waals surface area contributed by atoms with Crippen LogP contribution in [0, 0.1) is 11.8 Å². The maximum absolute atomic E-state index is 12.1. The minimum Gasteiger partial charge on any atom is -0.508 e. The zero-order valence-electron chi connectivity index (χ0n) is 23.9. The van der Waals surface area contributed by atoms with Gasteiger partial charge >= 0.3 is 11.9 Å². The van der Waals surface area contributed by atoms with Crippen LogP contribution in [-0.4, -0.2) is 65.8 Å². The summed E-state index contributed by atoms with van der Waals surface area (Å²) < 4.78 is 0. The van der Waals surface area contributed by atoms with Gasteiger partial charge in [0.25, 0.3) is 23.6 Å². The molecule has 12 nitrogen and oxygen atoms in total. The van der Waals surface area contributed by atoms with Gasteiger partial charge in [0.1, 0.15) is 11.5 Å². The molecule has 0 radical (unpaired) electrons. The molecule has 2 aromatic rings. The number of carboxylic acid groups (broad SMARTS) is 2. The van der Waals surface area contributed by atoms with E-state index in [1.165, 1.54) is 88.4 Å². The number of rotatable bonds is 8. The molecule has 4 amide bonds. The first-order valence-electron chi connectivity index (χ1n) is 12.8. The molecular formula is C30H30N2O10Zn. The van der Waals surface area contributed by atoms with Gasteiger partial charge in [-0.25, -0.2) is 0 Å². The van der Waals surface area contributed by atoms with Gasteiger partial charge < -0.3 is 20.4 Å². The smallest absolute Gasteiger partial charge is 0.308 e. The van der Waals surface area contributed by atoms with E-state index in [9.17, 15) is 49.2 Å². The summed E-state index contributed by atoms with van der Waals surface area (Å²) in [6.07, 6.45) is 2.40. The minimum atomic E-state index is -1.11. The number of phenolic OH excluding ortho intramolecular Hbond substituents is 2. The molecule has 0 aromatic heterocycles. The number of aromatic hydroxyl groups is 2. The number of nitrogens with zero attached hydrogens (tertiary/aromatic N) is 2. The predicted octanol–water partition coefficient (Wildman–Crippen LogP) is 2.94. The average molecular weight is 644 g/mol. The Hall–Kier alpha value is -4.64. The molecule has 2 heterocycles. The second-order valence-electron chi connectivity index (χ2n) is 10.0. The van der Waals surface area contributed by atoms with Crippen LogP contribution < -0.4 is 0 Å². The summed E-state index contributed by atoms with van der Waals surface area (Å²) in [4.78, 5) is 72.8. The number of amides is 4. The van der Waals surface area contributed by atoms with Crippen molar-refractivity contribution in [3.63, 3.8) is 0 Å². The fourth-order valence-corrected chi connectivity index (χ4v) is 4.68. The number of imide groups is 2. The number of hydrogen-bond donors (Lipinski definition) is 4. The number of benzene rings is 2. The number of aliphatic carboxylic acids is 2. The summed E-state index contributed by atoms with van der Waals surface area (Å²) in [7, 11) is 0. The van der Waals surface area contributed by atoms with Crippen molar-refractivity contribution in [2.45, 2.75) is 39.8 Å². The summed E-state index contributed by atoms with van der Waals surface area (Å²) in [6, 6.07) is 9.76. The third-order valence-corrected chi connectivity index (χ3v) is 7.02. The first-order chi connectivity index (χ1) is 19.6. The van der Waals surface area contributed by atoms with E-state index in [0.717, 1.165) is 9.80 Å². The van der Waals surface area contributed by atoms with Gasteiger partial charge in [0, 0.05) is 42.8 Å². The third kappa shape index (κ3) is 7.42. The number of phenols is 2. The van der Waals surface area contributed by atoms with E-state index in [-0.39, 0.29) is 42.1 Å². The molecule has 0 bridgehead atoms. The zero-order valence-corrected chi connectivity index (χ0v) is 26.9. The van der Waals surface area contributed by atoms with E-state index in [1.54, 1.807) is 0 Å². The van der Waals surface area contributed by atoms with Crippen LogP contribution in [0.1, 0.15) is 50.9 Å². The van der Waals surface area contributed by atoms with Crippen molar-refractivity contribution < 1.29 is 68.7 Å². The third-order valence-electron chi connectivity index (χ3n) is 7.02. The van der Waals surface area contributed by atoms with Gasteiger partial charge in [0.05, 0.1) is 23.9 Å². The molecular weight excluding hydrogens is 614 g/mol. The van der Waals surface area contributed by atoms with E-state index in [0.29, 0.717) is 11.1 Å². The number of carbonyl (C=O) groups is 6. The molecule has 13 heteroatoms. The van der Waals surface area contributed by atoms with Crippen molar-refractivity contribution in [2.24, 2.45) is 11.8 Å². The fraction of sp³-hybridized carbons (Fsp3) is 0.267. The molecule has 2 aliphatic rings. The van der Waals surface area contributed by atoms with Crippen molar-refractivity contribution in [1.82, 2.24) is 9.80 Å². The van der Waals surface area contributed by atoms with Gasteiger partial charge in [-0.2, -0.15) is 0 Å². The first-order valence-corrected chi connectivity index (χ1v) is 12.8. The normalized spacial score (nSPS) is 17.2. The maximum atomic E-state index is 12.1. The molecule has 0 saturated carbocycles. The summed E-state index contributed by atoms with van der Waals surface area (Å²) >= 11 is 0. The molecule has 2 aromatic carbocycles. The van der Waals surface area contributed by atoms with Crippen LogP contribution >= 0.6 is 0 Å². The standard InChI is InChI=1S/2C15H15NO5.Zn/c2*1-8-7-12(18)16(14(8)19)13(9(2)15(20)21)10-3-5-11(17)6-4-10;/h2*3-7,9,13,17H,1-2H3,(H,20,21);. The summed E-state index contributed by atoms with van der Waals surface area (Å²) in [5.41, 5.74) is 1.52. The van der Waals surface area contributed by atoms with Gasteiger partial charge in [0.2, 0.25) is 0 Å². The van der Waals surface area contributed by atoms with Gasteiger partial charge in [-0.05, 0) is 63.1 Å². The van der Waals surface area contributed by atoms with E-state index in [4.69, 9.17) is 0 Å².